The first-order chi connectivity index (χ1) is 9.33. The van der Waals surface area contributed by atoms with Crippen molar-refractivity contribution >= 4 is 0 Å². The molecule has 1 aromatic heterocycles. The fourth-order valence-corrected chi connectivity index (χ4v) is 1.91. The molecule has 0 unspecified atom stereocenters. The number of ether oxygens (including phenoxy) is 1. The normalized spacial score (nSPS) is 10.1. The molecule has 0 bridgehead atoms. The first-order valence-electron chi connectivity index (χ1n) is 6.46. The Labute approximate surface area is 113 Å². The summed E-state index contributed by atoms with van der Waals surface area (Å²) in [6.07, 6.45) is 5.86. The van der Waals surface area contributed by atoms with E-state index < -0.39 is 0 Å². The summed E-state index contributed by atoms with van der Waals surface area (Å²) in [7, 11) is 0. The molecular formula is C15H17N3O. The van der Waals surface area contributed by atoms with Crippen molar-refractivity contribution in [3.05, 3.63) is 48.0 Å². The minimum atomic E-state index is 0.571. The molecule has 0 spiro atoms. The lowest BCUT2D eigenvalue weighted by molar-refractivity contribution is 0.296. The maximum atomic E-state index is 8.82. The fourth-order valence-electron chi connectivity index (χ4n) is 1.91. The first kappa shape index (κ1) is 13.2. The number of aryl methyl sites for hydroxylation is 1. The quantitative estimate of drug-likeness (QED) is 0.797. The highest BCUT2D eigenvalue weighted by Crippen LogP contribution is 2.12. The van der Waals surface area contributed by atoms with Gasteiger partial charge in [-0.1, -0.05) is 13.0 Å². The van der Waals surface area contributed by atoms with E-state index in [4.69, 9.17) is 10.00 Å². The SMILES string of the molecule is CCCc1nccn1CCOc1cccc(C#N)c1. The van der Waals surface area contributed by atoms with Crippen LogP contribution >= 0.6 is 0 Å². The monoisotopic (exact) mass is 255 g/mol. The predicted molar refractivity (Wildman–Crippen MR) is 72.9 cm³/mol. The van der Waals surface area contributed by atoms with Crippen molar-refractivity contribution in [2.75, 3.05) is 6.61 Å². The second kappa shape index (κ2) is 6.60. The number of hydrogen-bond donors (Lipinski definition) is 0. The van der Waals surface area contributed by atoms with Gasteiger partial charge in [-0.3, -0.25) is 0 Å². The number of hydrogen-bond acceptors (Lipinski definition) is 3. The van der Waals surface area contributed by atoms with Crippen LogP contribution in [-0.2, 0) is 13.0 Å². The lowest BCUT2D eigenvalue weighted by atomic mass is 10.2. The van der Waals surface area contributed by atoms with Gasteiger partial charge in [-0.25, -0.2) is 4.98 Å². The molecule has 2 rings (SSSR count). The molecule has 2 aromatic rings. The minimum Gasteiger partial charge on any atom is -0.492 e. The zero-order valence-electron chi connectivity index (χ0n) is 11.0. The zero-order valence-corrected chi connectivity index (χ0v) is 11.0. The number of nitriles is 1. The van der Waals surface area contributed by atoms with Crippen LogP contribution in [0.1, 0.15) is 24.7 Å². The Morgan fingerprint density at radius 2 is 2.32 bits per heavy atom. The fraction of sp³-hybridized carbons (Fsp3) is 0.333. The van der Waals surface area contributed by atoms with E-state index in [9.17, 15) is 0 Å². The molecule has 0 radical (unpaired) electrons. The van der Waals surface area contributed by atoms with Gasteiger partial charge in [0.2, 0.25) is 0 Å². The molecular weight excluding hydrogens is 238 g/mol. The molecule has 19 heavy (non-hydrogen) atoms. The number of benzene rings is 1. The molecule has 0 N–H and O–H groups in total. The third kappa shape index (κ3) is 3.59. The Morgan fingerprint density at radius 3 is 3.11 bits per heavy atom. The van der Waals surface area contributed by atoms with Gasteiger partial charge in [0, 0.05) is 18.8 Å². The molecule has 0 aliphatic carbocycles. The van der Waals surface area contributed by atoms with Crippen LogP contribution in [0.5, 0.6) is 5.75 Å². The molecule has 0 amide bonds. The molecule has 0 atom stereocenters. The standard InChI is InChI=1S/C15H17N3O/c1-2-4-15-17-7-8-18(15)9-10-19-14-6-3-5-13(11-14)12-16/h3,5-8,11H,2,4,9-10H2,1H3. The summed E-state index contributed by atoms with van der Waals surface area (Å²) in [5.74, 6) is 1.83. The maximum Gasteiger partial charge on any atom is 0.120 e. The van der Waals surface area contributed by atoms with Gasteiger partial charge in [-0.15, -0.1) is 0 Å². The molecule has 4 heteroatoms. The number of aromatic nitrogens is 2. The Bertz CT molecular complexity index is 569. The maximum absolute atomic E-state index is 8.82. The van der Waals surface area contributed by atoms with E-state index in [0.717, 1.165) is 31.0 Å². The van der Waals surface area contributed by atoms with E-state index in [1.165, 1.54) is 0 Å². The number of nitrogens with zero attached hydrogens (tertiary/aromatic N) is 3. The predicted octanol–water partition coefficient (Wildman–Crippen LogP) is 2.79. The lowest BCUT2D eigenvalue weighted by Crippen LogP contribution is -2.10. The van der Waals surface area contributed by atoms with Crippen LogP contribution in [0, 0.1) is 11.3 Å². The van der Waals surface area contributed by atoms with Crippen LogP contribution in [-0.4, -0.2) is 16.2 Å². The van der Waals surface area contributed by atoms with Crippen LogP contribution in [0.15, 0.2) is 36.7 Å². The second-order valence-corrected chi connectivity index (χ2v) is 4.27. The summed E-state index contributed by atoms with van der Waals surface area (Å²) in [6, 6.07) is 9.31. The third-order valence-corrected chi connectivity index (χ3v) is 2.84. The molecule has 0 aliphatic heterocycles. The smallest absolute Gasteiger partial charge is 0.120 e. The van der Waals surface area contributed by atoms with Gasteiger partial charge < -0.3 is 9.30 Å². The molecule has 4 nitrogen and oxygen atoms in total. The molecule has 1 heterocycles. The second-order valence-electron chi connectivity index (χ2n) is 4.27. The van der Waals surface area contributed by atoms with E-state index in [1.807, 2.05) is 24.5 Å². The topological polar surface area (TPSA) is 50.8 Å². The van der Waals surface area contributed by atoms with Crippen LogP contribution < -0.4 is 4.74 Å². The van der Waals surface area contributed by atoms with E-state index >= 15 is 0 Å². The third-order valence-electron chi connectivity index (χ3n) is 2.84. The van der Waals surface area contributed by atoms with E-state index in [0.29, 0.717) is 12.2 Å². The Hall–Kier alpha value is -2.28. The molecule has 98 valence electrons. The largest absolute Gasteiger partial charge is 0.492 e. The lowest BCUT2D eigenvalue weighted by Gasteiger charge is -2.09. The van der Waals surface area contributed by atoms with Gasteiger partial charge in [-0.2, -0.15) is 5.26 Å². The summed E-state index contributed by atoms with van der Waals surface area (Å²) in [4.78, 5) is 4.32. The zero-order chi connectivity index (χ0) is 13.5. The van der Waals surface area contributed by atoms with Crippen molar-refractivity contribution < 1.29 is 4.74 Å². The van der Waals surface area contributed by atoms with E-state index in [-0.39, 0.29) is 0 Å². The van der Waals surface area contributed by atoms with Crippen LogP contribution in [0.25, 0.3) is 0 Å². The Balaban J connectivity index is 1.89. The highest BCUT2D eigenvalue weighted by Gasteiger charge is 2.02. The van der Waals surface area contributed by atoms with Crippen LogP contribution in [0.2, 0.25) is 0 Å². The van der Waals surface area contributed by atoms with E-state index in [2.05, 4.69) is 22.5 Å². The van der Waals surface area contributed by atoms with E-state index in [1.54, 1.807) is 12.1 Å². The summed E-state index contributed by atoms with van der Waals surface area (Å²) in [5.41, 5.74) is 0.617. The van der Waals surface area contributed by atoms with Crippen molar-refractivity contribution in [3.8, 4) is 11.8 Å². The first-order valence-corrected chi connectivity index (χ1v) is 6.46. The van der Waals surface area contributed by atoms with Crippen molar-refractivity contribution in [2.24, 2.45) is 0 Å². The molecule has 0 aliphatic rings. The van der Waals surface area contributed by atoms with Gasteiger partial charge in [0.15, 0.2) is 0 Å². The summed E-state index contributed by atoms with van der Waals surface area (Å²) < 4.78 is 7.76. The molecule has 0 saturated heterocycles. The van der Waals surface area contributed by atoms with Crippen LogP contribution in [0.4, 0.5) is 0 Å². The van der Waals surface area contributed by atoms with Crippen molar-refractivity contribution in [1.29, 1.82) is 5.26 Å². The van der Waals surface area contributed by atoms with Gasteiger partial charge >= 0.3 is 0 Å². The highest BCUT2D eigenvalue weighted by atomic mass is 16.5. The summed E-state index contributed by atoms with van der Waals surface area (Å²) in [5, 5.41) is 8.82. The minimum absolute atomic E-state index is 0.571. The average Bonchev–Trinajstić information content (AvgIpc) is 2.87. The number of rotatable bonds is 6. The Kier molecular flexibility index (Phi) is 4.57. The van der Waals surface area contributed by atoms with Crippen molar-refractivity contribution in [1.82, 2.24) is 9.55 Å². The molecule has 1 aromatic carbocycles. The summed E-state index contributed by atoms with van der Waals surface area (Å²) >= 11 is 0. The average molecular weight is 255 g/mol. The summed E-state index contributed by atoms with van der Waals surface area (Å²) in [6.45, 7) is 3.48. The van der Waals surface area contributed by atoms with Gasteiger partial charge in [0.1, 0.15) is 18.2 Å². The Morgan fingerprint density at radius 1 is 1.42 bits per heavy atom. The molecule has 0 saturated carbocycles. The van der Waals surface area contributed by atoms with Crippen LogP contribution in [0.3, 0.4) is 0 Å². The van der Waals surface area contributed by atoms with Crippen molar-refractivity contribution in [2.45, 2.75) is 26.3 Å². The highest BCUT2D eigenvalue weighted by molar-refractivity contribution is 5.36. The van der Waals surface area contributed by atoms with Gasteiger partial charge in [0.05, 0.1) is 18.2 Å². The number of imidazole rings is 1. The van der Waals surface area contributed by atoms with Gasteiger partial charge in [0.25, 0.3) is 0 Å². The van der Waals surface area contributed by atoms with Gasteiger partial charge in [-0.05, 0) is 24.6 Å². The molecule has 0 fully saturated rings. The van der Waals surface area contributed by atoms with Crippen molar-refractivity contribution in [3.63, 3.8) is 0 Å².